The van der Waals surface area contributed by atoms with Crippen molar-refractivity contribution in [1.29, 1.82) is 0 Å². The topological polar surface area (TPSA) is 138 Å². The van der Waals surface area contributed by atoms with E-state index in [0.717, 1.165) is 0 Å². The van der Waals surface area contributed by atoms with E-state index in [9.17, 15) is 30.0 Å². The van der Waals surface area contributed by atoms with Crippen molar-refractivity contribution in [2.24, 2.45) is 0 Å². The lowest BCUT2D eigenvalue weighted by Gasteiger charge is -2.21. The molecule has 9 heteroatoms. The Hall–Kier alpha value is -3.98. The van der Waals surface area contributed by atoms with E-state index in [1.165, 1.54) is 37.0 Å². The van der Waals surface area contributed by atoms with Crippen LogP contribution in [0.4, 0.5) is 0 Å². The zero-order chi connectivity index (χ0) is 25.7. The van der Waals surface area contributed by atoms with Crippen molar-refractivity contribution in [3.05, 3.63) is 80.8 Å². The highest BCUT2D eigenvalue weighted by Gasteiger charge is 2.27. The third kappa shape index (κ3) is 5.58. The van der Waals surface area contributed by atoms with Gasteiger partial charge in [0.2, 0.25) is 0 Å². The SMILES string of the molecule is COC(=O)C[C@H](c1ccc(OC)c(CO)c1)c1c(O)cc(C)n(CCc2ccc(O)c(O)c2)c1=O. The quantitative estimate of drug-likeness (QED) is 0.269. The summed E-state index contributed by atoms with van der Waals surface area (Å²) >= 11 is 0. The Morgan fingerprint density at radius 1 is 1.00 bits per heavy atom. The highest BCUT2D eigenvalue weighted by Crippen LogP contribution is 2.35. The molecule has 3 rings (SSSR count). The van der Waals surface area contributed by atoms with Crippen LogP contribution >= 0.6 is 0 Å². The second kappa shape index (κ2) is 11.0. The number of methoxy groups -OCH3 is 2. The van der Waals surface area contributed by atoms with E-state index >= 15 is 0 Å². The summed E-state index contributed by atoms with van der Waals surface area (Å²) in [6, 6.07) is 10.8. The van der Waals surface area contributed by atoms with Gasteiger partial charge in [0, 0.05) is 23.7 Å². The van der Waals surface area contributed by atoms with Gasteiger partial charge in [-0.3, -0.25) is 9.59 Å². The summed E-state index contributed by atoms with van der Waals surface area (Å²) in [5.41, 5.74) is 1.78. The molecule has 0 saturated heterocycles. The van der Waals surface area contributed by atoms with Crippen LogP contribution in [0.5, 0.6) is 23.0 Å². The van der Waals surface area contributed by atoms with E-state index in [4.69, 9.17) is 9.47 Å². The molecule has 0 bridgehead atoms. The number of phenols is 2. The Kier molecular flexibility index (Phi) is 8.03. The molecule has 0 unspecified atom stereocenters. The summed E-state index contributed by atoms with van der Waals surface area (Å²) in [6.45, 7) is 1.61. The minimum absolute atomic E-state index is 0.0311. The van der Waals surface area contributed by atoms with Crippen LogP contribution in [-0.2, 0) is 29.1 Å². The predicted molar refractivity (Wildman–Crippen MR) is 128 cm³/mol. The molecule has 0 amide bonds. The minimum atomic E-state index is -0.837. The number of carbonyl (C=O) groups excluding carboxylic acids is 1. The average molecular weight is 484 g/mol. The van der Waals surface area contributed by atoms with Crippen LogP contribution in [0.2, 0.25) is 0 Å². The van der Waals surface area contributed by atoms with E-state index < -0.39 is 17.4 Å². The smallest absolute Gasteiger partial charge is 0.306 e. The second-order valence-corrected chi connectivity index (χ2v) is 8.18. The van der Waals surface area contributed by atoms with Crippen molar-refractivity contribution < 1.29 is 34.7 Å². The molecule has 0 spiro atoms. The molecule has 35 heavy (non-hydrogen) atoms. The Bertz CT molecular complexity index is 1280. The van der Waals surface area contributed by atoms with E-state index in [1.807, 2.05) is 0 Å². The van der Waals surface area contributed by atoms with Crippen molar-refractivity contribution in [1.82, 2.24) is 4.57 Å². The molecule has 2 aromatic carbocycles. The number of aryl methyl sites for hydroxylation is 2. The van der Waals surface area contributed by atoms with Gasteiger partial charge in [0.05, 0.1) is 32.8 Å². The third-order valence-electron chi connectivity index (χ3n) is 6.01. The van der Waals surface area contributed by atoms with Crippen molar-refractivity contribution in [3.63, 3.8) is 0 Å². The fourth-order valence-corrected chi connectivity index (χ4v) is 4.11. The molecule has 4 N–H and O–H groups in total. The number of esters is 1. The van der Waals surface area contributed by atoms with Gasteiger partial charge >= 0.3 is 5.97 Å². The van der Waals surface area contributed by atoms with Crippen LogP contribution in [0.15, 0.2) is 47.3 Å². The van der Waals surface area contributed by atoms with Gasteiger partial charge in [-0.1, -0.05) is 12.1 Å². The predicted octanol–water partition coefficient (Wildman–Crippen LogP) is 2.71. The summed E-state index contributed by atoms with van der Waals surface area (Å²) in [6.07, 6.45) is 0.170. The van der Waals surface area contributed by atoms with Gasteiger partial charge in [0.15, 0.2) is 11.5 Å². The normalized spacial score (nSPS) is 11.8. The molecule has 0 aliphatic carbocycles. The lowest BCUT2D eigenvalue weighted by molar-refractivity contribution is -0.140. The number of ether oxygens (including phenoxy) is 2. The van der Waals surface area contributed by atoms with Crippen LogP contribution in [0.1, 0.15) is 40.3 Å². The molecule has 1 atom stereocenters. The molecule has 0 radical (unpaired) electrons. The number of aromatic hydroxyl groups is 3. The van der Waals surface area contributed by atoms with Crippen LogP contribution in [0, 0.1) is 6.92 Å². The van der Waals surface area contributed by atoms with Gasteiger partial charge in [-0.05, 0) is 54.8 Å². The number of aliphatic hydroxyl groups excluding tert-OH is 1. The first-order valence-electron chi connectivity index (χ1n) is 11.0. The zero-order valence-electron chi connectivity index (χ0n) is 19.8. The summed E-state index contributed by atoms with van der Waals surface area (Å²) in [4.78, 5) is 25.9. The fourth-order valence-electron chi connectivity index (χ4n) is 4.11. The molecule has 0 aliphatic heterocycles. The first kappa shape index (κ1) is 25.6. The first-order valence-corrected chi connectivity index (χ1v) is 11.0. The van der Waals surface area contributed by atoms with Gasteiger partial charge in [0.25, 0.3) is 5.56 Å². The largest absolute Gasteiger partial charge is 0.507 e. The van der Waals surface area contributed by atoms with E-state index in [2.05, 4.69) is 0 Å². The van der Waals surface area contributed by atoms with Crippen LogP contribution in [-0.4, -0.2) is 45.2 Å². The first-order chi connectivity index (χ1) is 16.7. The molecular weight excluding hydrogens is 454 g/mol. The zero-order valence-corrected chi connectivity index (χ0v) is 19.8. The number of aromatic nitrogens is 1. The summed E-state index contributed by atoms with van der Waals surface area (Å²) in [5, 5.41) is 39.8. The minimum Gasteiger partial charge on any atom is -0.507 e. The lowest BCUT2D eigenvalue weighted by Crippen LogP contribution is -2.29. The van der Waals surface area contributed by atoms with Crippen molar-refractivity contribution >= 4 is 5.97 Å². The molecule has 0 aliphatic rings. The monoisotopic (exact) mass is 483 g/mol. The third-order valence-corrected chi connectivity index (χ3v) is 6.01. The summed E-state index contributed by atoms with van der Waals surface area (Å²) in [5.74, 6) is -1.69. The van der Waals surface area contributed by atoms with Gasteiger partial charge < -0.3 is 34.5 Å². The Labute approximate surface area is 202 Å². The Balaban J connectivity index is 2.08. The lowest BCUT2D eigenvalue weighted by atomic mass is 9.87. The molecule has 186 valence electrons. The van der Waals surface area contributed by atoms with Crippen LogP contribution < -0.4 is 10.3 Å². The number of phenolic OH excluding ortho intramolecular Hbond substituents is 2. The molecule has 0 fully saturated rings. The fraction of sp³-hybridized carbons (Fsp3) is 0.308. The van der Waals surface area contributed by atoms with Crippen LogP contribution in [0.25, 0.3) is 0 Å². The van der Waals surface area contributed by atoms with Gasteiger partial charge in [-0.2, -0.15) is 0 Å². The number of rotatable bonds is 9. The van der Waals surface area contributed by atoms with Crippen molar-refractivity contribution in [2.75, 3.05) is 14.2 Å². The van der Waals surface area contributed by atoms with Gasteiger partial charge in [-0.25, -0.2) is 0 Å². The molecule has 0 saturated carbocycles. The molecule has 3 aromatic rings. The van der Waals surface area contributed by atoms with Crippen molar-refractivity contribution in [2.45, 2.75) is 38.8 Å². The van der Waals surface area contributed by atoms with Gasteiger partial charge in [0.1, 0.15) is 11.5 Å². The number of pyridine rings is 1. The van der Waals surface area contributed by atoms with E-state index in [0.29, 0.717) is 34.6 Å². The maximum atomic E-state index is 13.6. The Morgan fingerprint density at radius 2 is 1.74 bits per heavy atom. The highest BCUT2D eigenvalue weighted by molar-refractivity contribution is 5.71. The maximum Gasteiger partial charge on any atom is 0.306 e. The molecular formula is C26H29NO8. The van der Waals surface area contributed by atoms with Crippen molar-refractivity contribution in [3.8, 4) is 23.0 Å². The van der Waals surface area contributed by atoms with E-state index in [1.54, 1.807) is 31.2 Å². The molecule has 1 heterocycles. The molecule has 9 nitrogen and oxygen atoms in total. The summed E-state index contributed by atoms with van der Waals surface area (Å²) in [7, 11) is 2.71. The Morgan fingerprint density at radius 3 is 2.37 bits per heavy atom. The number of hydrogen-bond acceptors (Lipinski definition) is 8. The van der Waals surface area contributed by atoms with Crippen LogP contribution in [0.3, 0.4) is 0 Å². The second-order valence-electron chi connectivity index (χ2n) is 8.18. The van der Waals surface area contributed by atoms with Gasteiger partial charge in [-0.15, -0.1) is 0 Å². The number of carbonyl (C=O) groups is 1. The number of benzene rings is 2. The molecule has 1 aromatic heterocycles. The number of nitrogens with zero attached hydrogens (tertiary/aromatic N) is 1. The maximum absolute atomic E-state index is 13.6. The standard InChI is InChI=1S/C26H29NO8/c1-15-10-22(31)25(26(33)27(15)9-8-16-4-6-20(29)21(30)11-16)19(13-24(32)35-3)17-5-7-23(34-2)18(12-17)14-28/h4-7,10-12,19,28-31H,8-9,13-14H2,1-3H3/t19-/m1/s1. The highest BCUT2D eigenvalue weighted by atomic mass is 16.5. The summed E-state index contributed by atoms with van der Waals surface area (Å²) < 4.78 is 11.6. The number of hydrogen-bond donors (Lipinski definition) is 4. The number of aliphatic hydroxyl groups is 1. The average Bonchev–Trinajstić information content (AvgIpc) is 2.84. The van der Waals surface area contributed by atoms with E-state index in [-0.39, 0.29) is 42.4 Å².